The van der Waals surface area contributed by atoms with Crippen LogP contribution in [-0.2, 0) is 6.42 Å². The molecule has 0 saturated heterocycles. The van der Waals surface area contributed by atoms with Gasteiger partial charge < -0.3 is 9.73 Å². The number of aromatic nitrogens is 3. The average molecular weight is 332 g/mol. The molecule has 0 aliphatic heterocycles. The standard InChI is InChI=1S/C16H18ClN5O/c1-9-13(7-18)16(19-8-14(9)17)20-12-4-3-11(5-12)6-15-22-21-10(2)23-15/h8,11-12H,3-6H2,1-2H3,(H,19,20)/t11-,12+/m1/s1. The number of hydrogen-bond donors (Lipinski definition) is 1. The van der Waals surface area contributed by atoms with Crippen molar-refractivity contribution in [1.82, 2.24) is 15.2 Å². The fraction of sp³-hybridized carbons (Fsp3) is 0.500. The molecule has 120 valence electrons. The van der Waals surface area contributed by atoms with Crippen molar-refractivity contribution < 1.29 is 4.42 Å². The van der Waals surface area contributed by atoms with Crippen LogP contribution in [0.5, 0.6) is 0 Å². The molecule has 1 fully saturated rings. The number of hydrogen-bond acceptors (Lipinski definition) is 6. The lowest BCUT2D eigenvalue weighted by atomic mass is 10.0. The summed E-state index contributed by atoms with van der Waals surface area (Å²) in [5.74, 6) is 2.43. The number of anilines is 1. The van der Waals surface area contributed by atoms with Gasteiger partial charge in [-0.25, -0.2) is 4.98 Å². The molecule has 1 N–H and O–H groups in total. The van der Waals surface area contributed by atoms with E-state index in [1.807, 2.05) is 6.92 Å². The smallest absolute Gasteiger partial charge is 0.216 e. The van der Waals surface area contributed by atoms with Gasteiger partial charge in [0, 0.05) is 25.6 Å². The van der Waals surface area contributed by atoms with Crippen molar-refractivity contribution in [2.45, 2.75) is 45.6 Å². The minimum atomic E-state index is 0.296. The Bertz CT molecular complexity index is 751. The highest BCUT2D eigenvalue weighted by atomic mass is 35.5. The summed E-state index contributed by atoms with van der Waals surface area (Å²) in [7, 11) is 0. The molecule has 2 heterocycles. The minimum absolute atomic E-state index is 0.296. The van der Waals surface area contributed by atoms with Gasteiger partial charge in [-0.1, -0.05) is 11.6 Å². The quantitative estimate of drug-likeness (QED) is 0.923. The number of pyridine rings is 1. The van der Waals surface area contributed by atoms with E-state index in [1.165, 1.54) is 0 Å². The van der Waals surface area contributed by atoms with Crippen LogP contribution in [0.3, 0.4) is 0 Å². The third-order valence-corrected chi connectivity index (χ3v) is 4.68. The van der Waals surface area contributed by atoms with E-state index in [1.54, 1.807) is 13.1 Å². The minimum Gasteiger partial charge on any atom is -0.426 e. The van der Waals surface area contributed by atoms with E-state index in [9.17, 15) is 5.26 Å². The van der Waals surface area contributed by atoms with Gasteiger partial charge in [-0.2, -0.15) is 5.26 Å². The van der Waals surface area contributed by atoms with Crippen molar-refractivity contribution in [2.24, 2.45) is 5.92 Å². The van der Waals surface area contributed by atoms with Gasteiger partial charge in [0.1, 0.15) is 11.9 Å². The number of nitrogens with zero attached hydrogens (tertiary/aromatic N) is 4. The topological polar surface area (TPSA) is 87.6 Å². The molecule has 0 aromatic carbocycles. The van der Waals surface area contributed by atoms with Crippen LogP contribution in [0.1, 0.15) is 42.2 Å². The van der Waals surface area contributed by atoms with Crippen LogP contribution in [0.4, 0.5) is 5.82 Å². The maximum Gasteiger partial charge on any atom is 0.216 e. The number of aryl methyl sites for hydroxylation is 1. The number of rotatable bonds is 4. The highest BCUT2D eigenvalue weighted by Gasteiger charge is 2.27. The maximum absolute atomic E-state index is 9.33. The second kappa shape index (κ2) is 6.55. The number of halogens is 1. The van der Waals surface area contributed by atoms with E-state index in [2.05, 4.69) is 26.6 Å². The van der Waals surface area contributed by atoms with Gasteiger partial charge in [0.15, 0.2) is 0 Å². The SMILES string of the molecule is Cc1nnc(C[C@@H]2CC[C@H](Nc3ncc(Cl)c(C)c3C#N)C2)o1. The van der Waals surface area contributed by atoms with Crippen molar-refractivity contribution in [3.63, 3.8) is 0 Å². The zero-order valence-electron chi connectivity index (χ0n) is 13.1. The molecule has 1 saturated carbocycles. The van der Waals surface area contributed by atoms with Crippen LogP contribution in [-0.4, -0.2) is 21.2 Å². The summed E-state index contributed by atoms with van der Waals surface area (Å²) in [5, 5.41) is 21.2. The van der Waals surface area contributed by atoms with Crippen molar-refractivity contribution in [3.05, 3.63) is 34.1 Å². The molecule has 1 aliphatic rings. The third kappa shape index (κ3) is 3.45. The van der Waals surface area contributed by atoms with Crippen LogP contribution in [0.2, 0.25) is 5.02 Å². The van der Waals surface area contributed by atoms with Gasteiger partial charge in [0.25, 0.3) is 0 Å². The zero-order chi connectivity index (χ0) is 16.4. The summed E-state index contributed by atoms with van der Waals surface area (Å²) in [5.41, 5.74) is 1.29. The average Bonchev–Trinajstić information content (AvgIpc) is 3.13. The molecule has 2 aromatic heterocycles. The van der Waals surface area contributed by atoms with E-state index in [0.717, 1.165) is 31.2 Å². The lowest BCUT2D eigenvalue weighted by molar-refractivity contribution is 0.416. The third-order valence-electron chi connectivity index (χ3n) is 4.30. The van der Waals surface area contributed by atoms with Gasteiger partial charge in [-0.3, -0.25) is 0 Å². The molecule has 3 rings (SSSR count). The molecule has 0 unspecified atom stereocenters. The van der Waals surface area contributed by atoms with Crippen LogP contribution < -0.4 is 5.32 Å². The second-order valence-electron chi connectivity index (χ2n) is 6.01. The van der Waals surface area contributed by atoms with E-state index in [-0.39, 0.29) is 0 Å². The fourth-order valence-electron chi connectivity index (χ4n) is 3.08. The Hall–Kier alpha value is -2.13. The summed E-state index contributed by atoms with van der Waals surface area (Å²) in [6.45, 7) is 3.64. The van der Waals surface area contributed by atoms with E-state index in [0.29, 0.717) is 40.1 Å². The molecular weight excluding hydrogens is 314 g/mol. The van der Waals surface area contributed by atoms with Crippen LogP contribution in [0, 0.1) is 31.1 Å². The van der Waals surface area contributed by atoms with E-state index >= 15 is 0 Å². The predicted molar refractivity (Wildman–Crippen MR) is 86.2 cm³/mol. The summed E-state index contributed by atoms with van der Waals surface area (Å²) < 4.78 is 5.45. The molecule has 0 spiro atoms. The molecule has 6 nitrogen and oxygen atoms in total. The Kier molecular flexibility index (Phi) is 4.49. The highest BCUT2D eigenvalue weighted by molar-refractivity contribution is 6.31. The normalized spacial score (nSPS) is 20.4. The number of nitriles is 1. The predicted octanol–water partition coefficient (Wildman–Crippen LogP) is 3.43. The van der Waals surface area contributed by atoms with Gasteiger partial charge >= 0.3 is 0 Å². The van der Waals surface area contributed by atoms with Crippen molar-refractivity contribution >= 4 is 17.4 Å². The molecule has 23 heavy (non-hydrogen) atoms. The molecule has 2 aromatic rings. The first-order chi connectivity index (χ1) is 11.1. The Balaban J connectivity index is 1.64. The molecule has 0 amide bonds. The molecule has 1 aliphatic carbocycles. The van der Waals surface area contributed by atoms with Gasteiger partial charge in [-0.05, 0) is 37.7 Å². The maximum atomic E-state index is 9.33. The van der Waals surface area contributed by atoms with Crippen LogP contribution >= 0.6 is 11.6 Å². The monoisotopic (exact) mass is 331 g/mol. The molecule has 7 heteroatoms. The first-order valence-electron chi connectivity index (χ1n) is 7.67. The first-order valence-corrected chi connectivity index (χ1v) is 8.05. The number of nitrogens with one attached hydrogen (secondary N) is 1. The summed E-state index contributed by atoms with van der Waals surface area (Å²) in [4.78, 5) is 4.28. The lowest BCUT2D eigenvalue weighted by Crippen LogP contribution is -2.18. The molecule has 2 atom stereocenters. The van der Waals surface area contributed by atoms with E-state index < -0.39 is 0 Å². The van der Waals surface area contributed by atoms with Gasteiger partial charge in [0.2, 0.25) is 11.8 Å². The Morgan fingerprint density at radius 1 is 1.39 bits per heavy atom. The van der Waals surface area contributed by atoms with Crippen LogP contribution in [0.15, 0.2) is 10.6 Å². The van der Waals surface area contributed by atoms with Crippen LogP contribution in [0.25, 0.3) is 0 Å². The summed E-state index contributed by atoms with van der Waals surface area (Å²) >= 11 is 6.03. The lowest BCUT2D eigenvalue weighted by Gasteiger charge is -2.15. The fourth-order valence-corrected chi connectivity index (χ4v) is 3.22. The molecule has 0 radical (unpaired) electrons. The molecular formula is C16H18ClN5O. The van der Waals surface area contributed by atoms with Gasteiger partial charge in [-0.15, -0.1) is 10.2 Å². The first kappa shape index (κ1) is 15.8. The van der Waals surface area contributed by atoms with Gasteiger partial charge in [0.05, 0.1) is 10.6 Å². The highest BCUT2D eigenvalue weighted by Crippen LogP contribution is 2.32. The van der Waals surface area contributed by atoms with Crippen molar-refractivity contribution in [3.8, 4) is 6.07 Å². The second-order valence-corrected chi connectivity index (χ2v) is 6.41. The Morgan fingerprint density at radius 2 is 2.22 bits per heavy atom. The largest absolute Gasteiger partial charge is 0.426 e. The van der Waals surface area contributed by atoms with E-state index in [4.69, 9.17) is 16.0 Å². The Morgan fingerprint density at radius 3 is 2.91 bits per heavy atom. The van der Waals surface area contributed by atoms with Crippen molar-refractivity contribution in [1.29, 1.82) is 5.26 Å². The Labute approximate surface area is 139 Å². The summed E-state index contributed by atoms with van der Waals surface area (Å²) in [6.07, 6.45) is 5.51. The zero-order valence-corrected chi connectivity index (χ0v) is 13.9. The summed E-state index contributed by atoms with van der Waals surface area (Å²) in [6, 6.07) is 2.49. The molecule has 0 bridgehead atoms. The van der Waals surface area contributed by atoms with Crippen molar-refractivity contribution in [2.75, 3.05) is 5.32 Å².